The summed E-state index contributed by atoms with van der Waals surface area (Å²) in [5.41, 5.74) is 2.31. The van der Waals surface area contributed by atoms with Crippen LogP contribution in [0.4, 0.5) is 0 Å². The Morgan fingerprint density at radius 2 is 2.00 bits per heavy atom. The maximum atomic E-state index is 5.70. The second kappa shape index (κ2) is 12.6. The fraction of sp³-hybridized carbons (Fsp3) is 0.611. The van der Waals surface area contributed by atoms with Crippen LogP contribution in [0.3, 0.4) is 0 Å². The summed E-state index contributed by atoms with van der Waals surface area (Å²) in [6.45, 7) is 8.17. The fourth-order valence-electron chi connectivity index (χ4n) is 2.12. The monoisotopic (exact) mass is 337 g/mol. The molecule has 136 valence electrons. The molecule has 6 nitrogen and oxygen atoms in total. The van der Waals surface area contributed by atoms with Gasteiger partial charge in [0.25, 0.3) is 0 Å². The van der Waals surface area contributed by atoms with Gasteiger partial charge < -0.3 is 24.8 Å². The first-order valence-electron chi connectivity index (χ1n) is 8.44. The zero-order chi connectivity index (χ0) is 17.6. The van der Waals surface area contributed by atoms with Crippen molar-refractivity contribution in [1.82, 2.24) is 10.6 Å². The number of ether oxygens (including phenoxy) is 3. The molecule has 0 atom stereocenters. The summed E-state index contributed by atoms with van der Waals surface area (Å²) >= 11 is 0. The van der Waals surface area contributed by atoms with Crippen LogP contribution in [0, 0.1) is 6.92 Å². The minimum atomic E-state index is 0.634. The van der Waals surface area contributed by atoms with Crippen molar-refractivity contribution in [2.75, 3.05) is 47.1 Å². The second-order valence-corrected chi connectivity index (χ2v) is 5.36. The zero-order valence-corrected chi connectivity index (χ0v) is 15.4. The van der Waals surface area contributed by atoms with Gasteiger partial charge in [-0.05, 0) is 31.9 Å². The fourth-order valence-corrected chi connectivity index (χ4v) is 2.12. The molecule has 2 N–H and O–H groups in total. The van der Waals surface area contributed by atoms with Crippen molar-refractivity contribution in [3.63, 3.8) is 0 Å². The average molecular weight is 337 g/mol. The van der Waals surface area contributed by atoms with Gasteiger partial charge in [-0.2, -0.15) is 0 Å². The van der Waals surface area contributed by atoms with Crippen LogP contribution in [0.2, 0.25) is 0 Å². The van der Waals surface area contributed by atoms with Crippen LogP contribution in [0.1, 0.15) is 24.5 Å². The zero-order valence-electron chi connectivity index (χ0n) is 15.4. The van der Waals surface area contributed by atoms with E-state index in [0.29, 0.717) is 33.0 Å². The molecular weight excluding hydrogens is 306 g/mol. The lowest BCUT2D eigenvalue weighted by Crippen LogP contribution is -2.37. The van der Waals surface area contributed by atoms with E-state index in [2.05, 4.69) is 40.7 Å². The highest BCUT2D eigenvalue weighted by molar-refractivity contribution is 5.79. The van der Waals surface area contributed by atoms with E-state index >= 15 is 0 Å². The van der Waals surface area contributed by atoms with Gasteiger partial charge in [-0.3, -0.25) is 4.99 Å². The number of aliphatic imine (C=N–C) groups is 1. The first-order valence-corrected chi connectivity index (χ1v) is 8.44. The third kappa shape index (κ3) is 8.17. The van der Waals surface area contributed by atoms with Crippen LogP contribution in [-0.2, 0) is 16.0 Å². The van der Waals surface area contributed by atoms with Crippen LogP contribution in [0.25, 0.3) is 0 Å². The van der Waals surface area contributed by atoms with E-state index in [-0.39, 0.29) is 0 Å². The molecule has 24 heavy (non-hydrogen) atoms. The van der Waals surface area contributed by atoms with E-state index < -0.39 is 0 Å². The number of guanidine groups is 1. The maximum Gasteiger partial charge on any atom is 0.191 e. The summed E-state index contributed by atoms with van der Waals surface area (Å²) in [4.78, 5) is 4.24. The molecule has 0 saturated carbocycles. The van der Waals surface area contributed by atoms with E-state index in [0.717, 1.165) is 30.2 Å². The minimum absolute atomic E-state index is 0.634. The largest absolute Gasteiger partial charge is 0.494 e. The van der Waals surface area contributed by atoms with Gasteiger partial charge in [0.1, 0.15) is 5.75 Å². The second-order valence-electron chi connectivity index (χ2n) is 5.36. The van der Waals surface area contributed by atoms with Gasteiger partial charge in [0, 0.05) is 39.4 Å². The van der Waals surface area contributed by atoms with Crippen molar-refractivity contribution in [3.05, 3.63) is 29.3 Å². The predicted octanol–water partition coefficient (Wildman–Crippen LogP) is 2.11. The molecule has 0 saturated heterocycles. The summed E-state index contributed by atoms with van der Waals surface area (Å²) in [6.07, 6.45) is 0.916. The normalized spacial score (nSPS) is 11.4. The Bertz CT molecular complexity index is 492. The van der Waals surface area contributed by atoms with E-state index in [1.165, 1.54) is 5.56 Å². The van der Waals surface area contributed by atoms with Crippen molar-refractivity contribution in [2.24, 2.45) is 4.99 Å². The molecule has 0 radical (unpaired) electrons. The van der Waals surface area contributed by atoms with Gasteiger partial charge in [-0.1, -0.05) is 12.1 Å². The van der Waals surface area contributed by atoms with Crippen LogP contribution in [-0.4, -0.2) is 53.1 Å². The lowest BCUT2D eigenvalue weighted by Gasteiger charge is -2.15. The molecule has 0 aromatic heterocycles. The van der Waals surface area contributed by atoms with E-state index in [9.17, 15) is 0 Å². The topological polar surface area (TPSA) is 64.1 Å². The van der Waals surface area contributed by atoms with Crippen LogP contribution in [0.5, 0.6) is 5.75 Å². The summed E-state index contributed by atoms with van der Waals surface area (Å²) in [5, 5.41) is 6.59. The Balaban J connectivity index is 2.34. The van der Waals surface area contributed by atoms with Gasteiger partial charge in [-0.25, -0.2) is 0 Å². The lowest BCUT2D eigenvalue weighted by molar-refractivity contribution is 0.0698. The lowest BCUT2D eigenvalue weighted by atomic mass is 10.1. The number of hydrogen-bond donors (Lipinski definition) is 2. The van der Waals surface area contributed by atoms with Crippen LogP contribution < -0.4 is 15.4 Å². The Kier molecular flexibility index (Phi) is 10.6. The molecule has 0 amide bonds. The van der Waals surface area contributed by atoms with E-state index in [1.54, 1.807) is 14.2 Å². The highest BCUT2D eigenvalue weighted by Crippen LogP contribution is 2.20. The van der Waals surface area contributed by atoms with Crippen molar-refractivity contribution in [2.45, 2.75) is 26.8 Å². The molecule has 0 aliphatic carbocycles. The van der Waals surface area contributed by atoms with Crippen LogP contribution in [0.15, 0.2) is 23.2 Å². The molecule has 0 aliphatic rings. The molecule has 0 bridgehead atoms. The summed E-state index contributed by atoms with van der Waals surface area (Å²) in [7, 11) is 3.44. The smallest absolute Gasteiger partial charge is 0.191 e. The van der Waals surface area contributed by atoms with Gasteiger partial charge >= 0.3 is 0 Å². The molecule has 0 spiro atoms. The van der Waals surface area contributed by atoms with Crippen LogP contribution >= 0.6 is 0 Å². The number of methoxy groups -OCH3 is 1. The van der Waals surface area contributed by atoms with Crippen molar-refractivity contribution in [1.29, 1.82) is 0 Å². The van der Waals surface area contributed by atoms with Gasteiger partial charge in [0.05, 0.1) is 19.8 Å². The third-order valence-corrected chi connectivity index (χ3v) is 3.38. The molecule has 1 aromatic carbocycles. The summed E-state index contributed by atoms with van der Waals surface area (Å²) < 4.78 is 16.1. The van der Waals surface area contributed by atoms with Crippen molar-refractivity contribution >= 4 is 5.96 Å². The first-order chi connectivity index (χ1) is 11.7. The molecule has 1 rings (SSSR count). The molecule has 0 aliphatic heterocycles. The highest BCUT2D eigenvalue weighted by atomic mass is 16.5. The summed E-state index contributed by atoms with van der Waals surface area (Å²) in [5.74, 6) is 1.70. The van der Waals surface area contributed by atoms with E-state index in [4.69, 9.17) is 14.2 Å². The molecule has 0 fully saturated rings. The molecule has 0 unspecified atom stereocenters. The molecular formula is C18H31N3O3. The quantitative estimate of drug-likeness (QED) is 0.368. The number of aryl methyl sites for hydroxylation is 1. The Morgan fingerprint density at radius 1 is 1.17 bits per heavy atom. The number of nitrogens with one attached hydrogen (secondary N) is 2. The molecule has 6 heteroatoms. The van der Waals surface area contributed by atoms with E-state index in [1.807, 2.05) is 6.92 Å². The minimum Gasteiger partial charge on any atom is -0.494 e. The Morgan fingerprint density at radius 3 is 2.71 bits per heavy atom. The third-order valence-electron chi connectivity index (χ3n) is 3.38. The summed E-state index contributed by atoms with van der Waals surface area (Å²) in [6, 6.07) is 6.24. The average Bonchev–Trinajstić information content (AvgIpc) is 2.58. The molecule has 1 aromatic rings. The number of hydrogen-bond acceptors (Lipinski definition) is 4. The highest BCUT2D eigenvalue weighted by Gasteiger charge is 2.05. The standard InChI is InChI=1S/C18H31N3O3/c1-5-24-17-13-15(2)7-8-16(17)14-21-18(19-3)20-9-6-10-23-12-11-22-4/h7-8,13H,5-6,9-12,14H2,1-4H3,(H2,19,20,21). The molecule has 0 heterocycles. The first kappa shape index (κ1) is 20.3. The van der Waals surface area contributed by atoms with Gasteiger partial charge in [0.2, 0.25) is 0 Å². The SMILES string of the molecule is CCOc1cc(C)ccc1CNC(=NC)NCCCOCCOC. The number of nitrogens with zero attached hydrogens (tertiary/aromatic N) is 1. The Labute approximate surface area is 145 Å². The van der Waals surface area contributed by atoms with Crippen molar-refractivity contribution < 1.29 is 14.2 Å². The van der Waals surface area contributed by atoms with Crippen molar-refractivity contribution in [3.8, 4) is 5.75 Å². The number of benzene rings is 1. The maximum absolute atomic E-state index is 5.70. The predicted molar refractivity (Wildman–Crippen MR) is 97.9 cm³/mol. The van der Waals surface area contributed by atoms with Gasteiger partial charge in [0.15, 0.2) is 5.96 Å². The van der Waals surface area contributed by atoms with Gasteiger partial charge in [-0.15, -0.1) is 0 Å². The Hall–Kier alpha value is -1.79. The number of rotatable bonds is 11.